The van der Waals surface area contributed by atoms with E-state index in [-0.39, 0.29) is 11.0 Å². The van der Waals surface area contributed by atoms with Crippen LogP contribution in [-0.4, -0.2) is 27.6 Å². The molecule has 2 N–H and O–H groups in total. The van der Waals surface area contributed by atoms with Crippen molar-refractivity contribution < 1.29 is 9.69 Å². The zero-order valence-corrected chi connectivity index (χ0v) is 14.6. The molecule has 0 spiro atoms. The molecular formula is C18H20N2O3S. The molecule has 1 aromatic heterocycles. The zero-order chi connectivity index (χ0) is 16.6. The van der Waals surface area contributed by atoms with Crippen LogP contribution in [0.25, 0.3) is 21.9 Å². The fourth-order valence-electron chi connectivity index (χ4n) is 2.66. The van der Waals surface area contributed by atoms with Gasteiger partial charge < -0.3 is 10.0 Å². The molecule has 0 radical (unpaired) electrons. The van der Waals surface area contributed by atoms with Gasteiger partial charge in [-0.25, -0.2) is 4.21 Å². The Bertz CT molecular complexity index is 966. The lowest BCUT2D eigenvalue weighted by atomic mass is 10.0. The van der Waals surface area contributed by atoms with Gasteiger partial charge in [0, 0.05) is 43.2 Å². The van der Waals surface area contributed by atoms with Gasteiger partial charge in [0.2, 0.25) is 0 Å². The van der Waals surface area contributed by atoms with Gasteiger partial charge in [-0.05, 0) is 29.1 Å². The molecule has 0 aliphatic heterocycles. The maximum atomic E-state index is 12.3. The van der Waals surface area contributed by atoms with Crippen molar-refractivity contribution in [3.8, 4) is 11.1 Å². The number of hydrogen-bond acceptors (Lipinski definition) is 2. The molecule has 0 saturated heterocycles. The minimum atomic E-state index is -1.08. The number of aryl methyl sites for hydroxylation is 1. The van der Waals surface area contributed by atoms with Crippen LogP contribution in [0.4, 0.5) is 5.69 Å². The number of anilines is 1. The van der Waals surface area contributed by atoms with Gasteiger partial charge in [0.05, 0.1) is 0 Å². The molecule has 1 heterocycles. The monoisotopic (exact) mass is 344 g/mol. The second-order valence-electron chi connectivity index (χ2n) is 5.48. The van der Waals surface area contributed by atoms with Gasteiger partial charge in [-0.2, -0.15) is 0 Å². The van der Waals surface area contributed by atoms with Crippen LogP contribution in [0.1, 0.15) is 0 Å². The molecule has 5 nitrogen and oxygen atoms in total. The van der Waals surface area contributed by atoms with Gasteiger partial charge in [-0.3, -0.25) is 9.10 Å². The normalized spacial score (nSPS) is 11.8. The molecule has 6 heteroatoms. The van der Waals surface area contributed by atoms with Gasteiger partial charge in [0.25, 0.3) is 5.56 Å². The molecule has 0 saturated carbocycles. The molecular weight excluding hydrogens is 324 g/mol. The van der Waals surface area contributed by atoms with E-state index in [2.05, 4.69) is 0 Å². The van der Waals surface area contributed by atoms with Crippen molar-refractivity contribution in [2.75, 3.05) is 17.6 Å². The maximum Gasteiger partial charge on any atom is 0.258 e. The maximum absolute atomic E-state index is 12.3. The molecule has 1 unspecified atom stereocenters. The SMILES string of the molecule is CN(c1cccc(-c2cn(C)c(=O)c3ccccc23)c1)S(C)=O.O. The van der Waals surface area contributed by atoms with Crippen LogP contribution >= 0.6 is 0 Å². The van der Waals surface area contributed by atoms with Crippen molar-refractivity contribution in [3.63, 3.8) is 0 Å². The first kappa shape index (κ1) is 17.9. The van der Waals surface area contributed by atoms with Gasteiger partial charge in [0.1, 0.15) is 11.0 Å². The van der Waals surface area contributed by atoms with E-state index in [1.54, 1.807) is 29.2 Å². The molecule has 3 aromatic rings. The Morgan fingerprint density at radius 2 is 1.71 bits per heavy atom. The summed E-state index contributed by atoms with van der Waals surface area (Å²) in [5.74, 6) is 0. The molecule has 3 rings (SSSR count). The third-order valence-corrected chi connectivity index (χ3v) is 4.98. The smallest absolute Gasteiger partial charge is 0.258 e. The van der Waals surface area contributed by atoms with Gasteiger partial charge in [0.15, 0.2) is 0 Å². The summed E-state index contributed by atoms with van der Waals surface area (Å²) >= 11 is 0. The number of benzene rings is 2. The summed E-state index contributed by atoms with van der Waals surface area (Å²) in [4.78, 5) is 12.3. The van der Waals surface area contributed by atoms with Gasteiger partial charge >= 0.3 is 0 Å². The van der Waals surface area contributed by atoms with Crippen LogP contribution in [0.3, 0.4) is 0 Å². The van der Waals surface area contributed by atoms with Crippen molar-refractivity contribution in [2.24, 2.45) is 7.05 Å². The topological polar surface area (TPSA) is 73.8 Å². The second-order valence-corrected chi connectivity index (χ2v) is 6.87. The van der Waals surface area contributed by atoms with E-state index in [0.29, 0.717) is 5.39 Å². The Kier molecular flexibility index (Phi) is 5.21. The van der Waals surface area contributed by atoms with E-state index in [4.69, 9.17) is 0 Å². The quantitative estimate of drug-likeness (QED) is 0.730. The van der Waals surface area contributed by atoms with E-state index >= 15 is 0 Å². The third kappa shape index (κ3) is 3.11. The lowest BCUT2D eigenvalue weighted by molar-refractivity contribution is 0.685. The summed E-state index contributed by atoms with van der Waals surface area (Å²) in [6, 6.07) is 15.5. The van der Waals surface area contributed by atoms with Crippen LogP contribution in [-0.2, 0) is 18.0 Å². The van der Waals surface area contributed by atoms with Crippen molar-refractivity contribution in [3.05, 3.63) is 65.1 Å². The minimum Gasteiger partial charge on any atom is -0.412 e. The fourth-order valence-corrected chi connectivity index (χ4v) is 3.07. The molecule has 1 atom stereocenters. The first-order valence-corrected chi connectivity index (χ1v) is 8.76. The highest BCUT2D eigenvalue weighted by molar-refractivity contribution is 7.85. The number of hydrogen-bond donors (Lipinski definition) is 0. The number of rotatable bonds is 3. The van der Waals surface area contributed by atoms with Crippen LogP contribution in [0.15, 0.2) is 59.5 Å². The van der Waals surface area contributed by atoms with E-state index < -0.39 is 11.0 Å². The van der Waals surface area contributed by atoms with E-state index in [0.717, 1.165) is 22.2 Å². The van der Waals surface area contributed by atoms with Crippen LogP contribution in [0.5, 0.6) is 0 Å². The summed E-state index contributed by atoms with van der Waals surface area (Å²) in [6.45, 7) is 0. The molecule has 0 bridgehead atoms. The van der Waals surface area contributed by atoms with E-state index in [1.165, 1.54) is 0 Å². The highest BCUT2D eigenvalue weighted by Gasteiger charge is 2.11. The predicted molar refractivity (Wildman–Crippen MR) is 101 cm³/mol. The van der Waals surface area contributed by atoms with E-state index in [9.17, 15) is 9.00 Å². The standard InChI is InChI=1S/C18H18N2O2S.H2O/c1-19-12-17(15-9-4-5-10-16(15)18(19)21)13-7-6-8-14(11-13)20(2)23(3)22;/h4-12H,1-3H3;1H2. The summed E-state index contributed by atoms with van der Waals surface area (Å²) in [5, 5.41) is 1.62. The van der Waals surface area contributed by atoms with Gasteiger partial charge in [-0.1, -0.05) is 30.3 Å². The average molecular weight is 344 g/mol. The van der Waals surface area contributed by atoms with Crippen molar-refractivity contribution in [1.82, 2.24) is 4.57 Å². The molecule has 0 fully saturated rings. The van der Waals surface area contributed by atoms with Crippen LogP contribution < -0.4 is 9.86 Å². The number of nitrogens with zero attached hydrogens (tertiary/aromatic N) is 2. The number of aromatic nitrogens is 1. The average Bonchev–Trinajstić information content (AvgIpc) is 2.57. The fraction of sp³-hybridized carbons (Fsp3) is 0.167. The highest BCUT2D eigenvalue weighted by atomic mass is 32.2. The number of pyridine rings is 1. The van der Waals surface area contributed by atoms with Crippen molar-refractivity contribution >= 4 is 27.4 Å². The Hall–Kier alpha value is -2.44. The Labute approximate surface area is 143 Å². The third-order valence-electron chi connectivity index (χ3n) is 4.00. The summed E-state index contributed by atoms with van der Waals surface area (Å²) in [5.41, 5.74) is 2.85. The lowest BCUT2D eigenvalue weighted by Gasteiger charge is -2.17. The van der Waals surface area contributed by atoms with Crippen molar-refractivity contribution in [1.29, 1.82) is 0 Å². The Morgan fingerprint density at radius 3 is 2.38 bits per heavy atom. The first-order chi connectivity index (χ1) is 11.0. The van der Waals surface area contributed by atoms with Crippen molar-refractivity contribution in [2.45, 2.75) is 0 Å². The molecule has 24 heavy (non-hydrogen) atoms. The Morgan fingerprint density at radius 1 is 1.04 bits per heavy atom. The predicted octanol–water partition coefficient (Wildman–Crippen LogP) is 2.11. The van der Waals surface area contributed by atoms with Crippen LogP contribution in [0.2, 0.25) is 0 Å². The molecule has 126 valence electrons. The second kappa shape index (κ2) is 6.98. The molecule has 0 aliphatic carbocycles. The summed E-state index contributed by atoms with van der Waals surface area (Å²) < 4.78 is 15.0. The van der Waals surface area contributed by atoms with E-state index in [1.807, 2.05) is 54.7 Å². The molecule has 2 aromatic carbocycles. The Balaban J connectivity index is 0.00000208. The molecule has 0 amide bonds. The lowest BCUT2D eigenvalue weighted by Crippen LogP contribution is -2.18. The van der Waals surface area contributed by atoms with Crippen LogP contribution in [0, 0.1) is 0 Å². The summed E-state index contributed by atoms with van der Waals surface area (Å²) in [7, 11) is 2.48. The largest absolute Gasteiger partial charge is 0.412 e. The first-order valence-electron chi connectivity index (χ1n) is 7.25. The number of fused-ring (bicyclic) bond motifs is 1. The van der Waals surface area contributed by atoms with Gasteiger partial charge in [-0.15, -0.1) is 0 Å². The highest BCUT2D eigenvalue weighted by Crippen LogP contribution is 2.29. The molecule has 0 aliphatic rings. The summed E-state index contributed by atoms with van der Waals surface area (Å²) in [6.07, 6.45) is 3.50. The zero-order valence-electron chi connectivity index (χ0n) is 13.8. The minimum absolute atomic E-state index is 0.